The normalized spacial score (nSPS) is 23.8. The predicted molar refractivity (Wildman–Crippen MR) is 90.5 cm³/mol. The SMILES string of the molecule is CCN1CCN([C@@H]2CC(=O)N(c3c(C)cccc3C)C2=O)CC1. The number of anilines is 1. The van der Waals surface area contributed by atoms with Gasteiger partial charge in [0.25, 0.3) is 5.91 Å². The Hall–Kier alpha value is -1.72. The molecular weight excluding hydrogens is 290 g/mol. The number of nitrogens with zero attached hydrogens (tertiary/aromatic N) is 3. The van der Waals surface area contributed by atoms with Crippen LogP contribution in [0.5, 0.6) is 0 Å². The minimum Gasteiger partial charge on any atom is -0.301 e. The van der Waals surface area contributed by atoms with E-state index in [4.69, 9.17) is 0 Å². The third kappa shape index (κ3) is 2.91. The summed E-state index contributed by atoms with van der Waals surface area (Å²) in [4.78, 5) is 31.4. The number of likely N-dealkylation sites (N-methyl/N-ethyl adjacent to an activating group) is 1. The number of hydrogen-bond donors (Lipinski definition) is 0. The number of carbonyl (C=O) groups is 2. The van der Waals surface area contributed by atoms with Crippen molar-refractivity contribution in [2.75, 3.05) is 37.6 Å². The molecule has 5 nitrogen and oxygen atoms in total. The van der Waals surface area contributed by atoms with E-state index in [0.29, 0.717) is 6.42 Å². The number of benzene rings is 1. The van der Waals surface area contributed by atoms with Gasteiger partial charge in [0.05, 0.1) is 18.2 Å². The van der Waals surface area contributed by atoms with Crippen LogP contribution in [0.15, 0.2) is 18.2 Å². The molecule has 0 bridgehead atoms. The van der Waals surface area contributed by atoms with Crippen LogP contribution in [0.4, 0.5) is 5.69 Å². The second-order valence-electron chi connectivity index (χ2n) is 6.50. The van der Waals surface area contributed by atoms with E-state index in [1.165, 1.54) is 4.90 Å². The third-order valence-electron chi connectivity index (χ3n) is 5.08. The lowest BCUT2D eigenvalue weighted by molar-refractivity contribution is -0.123. The number of rotatable bonds is 3. The van der Waals surface area contributed by atoms with Gasteiger partial charge in [-0.25, -0.2) is 4.90 Å². The molecule has 1 aromatic rings. The molecule has 2 aliphatic rings. The highest BCUT2D eigenvalue weighted by Crippen LogP contribution is 2.31. The first-order chi connectivity index (χ1) is 11.0. The predicted octanol–water partition coefficient (Wildman–Crippen LogP) is 1.57. The third-order valence-corrected chi connectivity index (χ3v) is 5.08. The molecule has 0 radical (unpaired) electrons. The van der Waals surface area contributed by atoms with Gasteiger partial charge in [-0.2, -0.15) is 0 Å². The molecule has 0 N–H and O–H groups in total. The molecule has 0 unspecified atom stereocenters. The topological polar surface area (TPSA) is 43.9 Å². The Labute approximate surface area is 137 Å². The van der Waals surface area contributed by atoms with Crippen molar-refractivity contribution in [2.45, 2.75) is 33.2 Å². The highest BCUT2D eigenvalue weighted by molar-refractivity contribution is 6.23. The number of hydrogen-bond acceptors (Lipinski definition) is 4. The number of para-hydroxylation sites is 1. The molecular formula is C18H25N3O2. The average Bonchev–Trinajstić information content (AvgIpc) is 2.83. The zero-order valence-corrected chi connectivity index (χ0v) is 14.2. The summed E-state index contributed by atoms with van der Waals surface area (Å²) in [6.07, 6.45) is 0.304. The molecule has 2 fully saturated rings. The smallest absolute Gasteiger partial charge is 0.251 e. The number of carbonyl (C=O) groups excluding carboxylic acids is 2. The molecule has 5 heteroatoms. The number of aryl methyl sites for hydroxylation is 2. The Bertz CT molecular complexity index is 600. The van der Waals surface area contributed by atoms with E-state index in [1.807, 2.05) is 32.0 Å². The fraction of sp³-hybridized carbons (Fsp3) is 0.556. The minimum atomic E-state index is -0.291. The van der Waals surface area contributed by atoms with Gasteiger partial charge in [0, 0.05) is 26.2 Å². The van der Waals surface area contributed by atoms with Crippen molar-refractivity contribution in [3.8, 4) is 0 Å². The Morgan fingerprint density at radius 2 is 1.65 bits per heavy atom. The summed E-state index contributed by atoms with van der Waals surface area (Å²) >= 11 is 0. The van der Waals surface area contributed by atoms with Crippen molar-refractivity contribution < 1.29 is 9.59 Å². The zero-order valence-electron chi connectivity index (χ0n) is 14.2. The van der Waals surface area contributed by atoms with Crippen LogP contribution in [-0.2, 0) is 9.59 Å². The fourth-order valence-electron chi connectivity index (χ4n) is 3.69. The van der Waals surface area contributed by atoms with E-state index < -0.39 is 0 Å². The van der Waals surface area contributed by atoms with Gasteiger partial charge < -0.3 is 4.90 Å². The molecule has 23 heavy (non-hydrogen) atoms. The van der Waals surface area contributed by atoms with Crippen LogP contribution >= 0.6 is 0 Å². The van der Waals surface area contributed by atoms with Crippen LogP contribution in [0, 0.1) is 13.8 Å². The lowest BCUT2D eigenvalue weighted by Gasteiger charge is -2.36. The maximum Gasteiger partial charge on any atom is 0.251 e. The van der Waals surface area contributed by atoms with Crippen LogP contribution in [0.25, 0.3) is 0 Å². The van der Waals surface area contributed by atoms with Crippen molar-refractivity contribution in [3.05, 3.63) is 29.3 Å². The monoisotopic (exact) mass is 315 g/mol. The van der Waals surface area contributed by atoms with E-state index in [9.17, 15) is 9.59 Å². The number of imide groups is 1. The first kappa shape index (κ1) is 16.1. The van der Waals surface area contributed by atoms with Crippen LogP contribution in [0.1, 0.15) is 24.5 Å². The Morgan fingerprint density at radius 1 is 1.04 bits per heavy atom. The van der Waals surface area contributed by atoms with E-state index in [0.717, 1.165) is 49.5 Å². The molecule has 1 atom stereocenters. The van der Waals surface area contributed by atoms with Crippen LogP contribution in [-0.4, -0.2) is 60.4 Å². The maximum atomic E-state index is 12.9. The number of amides is 2. The molecule has 2 amide bonds. The molecule has 124 valence electrons. The Morgan fingerprint density at radius 3 is 2.22 bits per heavy atom. The minimum absolute atomic E-state index is 0.0580. The molecule has 2 heterocycles. The van der Waals surface area contributed by atoms with Gasteiger partial charge in [0.2, 0.25) is 5.91 Å². The lowest BCUT2D eigenvalue weighted by atomic mass is 10.1. The van der Waals surface area contributed by atoms with Crippen molar-refractivity contribution in [1.29, 1.82) is 0 Å². The quantitative estimate of drug-likeness (QED) is 0.794. The molecule has 2 aliphatic heterocycles. The van der Waals surface area contributed by atoms with Crippen LogP contribution in [0.3, 0.4) is 0 Å². The van der Waals surface area contributed by atoms with Gasteiger partial charge >= 0.3 is 0 Å². The second kappa shape index (κ2) is 6.42. The van der Waals surface area contributed by atoms with Gasteiger partial charge in [0.1, 0.15) is 0 Å². The zero-order chi connectivity index (χ0) is 16.6. The first-order valence-electron chi connectivity index (χ1n) is 8.42. The summed E-state index contributed by atoms with van der Waals surface area (Å²) in [5.74, 6) is -0.132. The van der Waals surface area contributed by atoms with Gasteiger partial charge in [-0.1, -0.05) is 25.1 Å². The van der Waals surface area contributed by atoms with Crippen molar-refractivity contribution in [3.63, 3.8) is 0 Å². The summed E-state index contributed by atoms with van der Waals surface area (Å²) in [7, 11) is 0. The van der Waals surface area contributed by atoms with E-state index in [2.05, 4.69) is 16.7 Å². The van der Waals surface area contributed by atoms with Gasteiger partial charge in [-0.3, -0.25) is 14.5 Å². The van der Waals surface area contributed by atoms with Crippen LogP contribution in [0.2, 0.25) is 0 Å². The largest absolute Gasteiger partial charge is 0.301 e. The summed E-state index contributed by atoms with van der Waals surface area (Å²) in [5.41, 5.74) is 2.73. The summed E-state index contributed by atoms with van der Waals surface area (Å²) in [5, 5.41) is 0. The highest BCUT2D eigenvalue weighted by atomic mass is 16.2. The van der Waals surface area contributed by atoms with Gasteiger partial charge in [0.15, 0.2) is 0 Å². The van der Waals surface area contributed by atoms with Crippen molar-refractivity contribution >= 4 is 17.5 Å². The molecule has 2 saturated heterocycles. The van der Waals surface area contributed by atoms with E-state index in [-0.39, 0.29) is 17.9 Å². The summed E-state index contributed by atoms with van der Waals surface area (Å²) in [6, 6.07) is 5.58. The van der Waals surface area contributed by atoms with Gasteiger partial charge in [-0.15, -0.1) is 0 Å². The summed E-state index contributed by atoms with van der Waals surface area (Å²) in [6.45, 7) is 10.8. The summed E-state index contributed by atoms with van der Waals surface area (Å²) < 4.78 is 0. The van der Waals surface area contributed by atoms with Crippen molar-refractivity contribution in [2.24, 2.45) is 0 Å². The van der Waals surface area contributed by atoms with Crippen LogP contribution < -0.4 is 4.90 Å². The standard InChI is InChI=1S/C18H25N3O2/c1-4-19-8-10-20(11-9-19)15-12-16(22)21(18(15)23)17-13(2)6-5-7-14(17)3/h5-7,15H,4,8-12H2,1-3H3/t15-/m1/s1. The molecule has 0 aliphatic carbocycles. The van der Waals surface area contributed by atoms with Crippen molar-refractivity contribution in [1.82, 2.24) is 9.80 Å². The molecule has 0 aromatic heterocycles. The second-order valence-corrected chi connectivity index (χ2v) is 6.50. The number of piperazine rings is 1. The highest BCUT2D eigenvalue weighted by Gasteiger charge is 2.44. The maximum absolute atomic E-state index is 12.9. The fourth-order valence-corrected chi connectivity index (χ4v) is 3.69. The Balaban J connectivity index is 1.81. The molecule has 0 saturated carbocycles. The average molecular weight is 315 g/mol. The van der Waals surface area contributed by atoms with E-state index in [1.54, 1.807) is 0 Å². The van der Waals surface area contributed by atoms with Gasteiger partial charge in [-0.05, 0) is 31.5 Å². The lowest BCUT2D eigenvalue weighted by Crippen LogP contribution is -2.52. The Kier molecular flexibility index (Phi) is 4.50. The first-order valence-corrected chi connectivity index (χ1v) is 8.42. The van der Waals surface area contributed by atoms with E-state index >= 15 is 0 Å². The molecule has 1 aromatic carbocycles. The molecule has 0 spiro atoms. The molecule has 3 rings (SSSR count).